The molecule has 1 aliphatic heterocycles. The minimum atomic E-state index is -0.742. The first kappa shape index (κ1) is 35.5. The van der Waals surface area contributed by atoms with Crippen LogP contribution in [-0.4, -0.2) is 29.9 Å². The molecule has 290 valence electrons. The summed E-state index contributed by atoms with van der Waals surface area (Å²) in [6, 6.07) is 63.0. The van der Waals surface area contributed by atoms with Gasteiger partial charge in [-0.2, -0.15) is 0 Å². The molecule has 5 heterocycles. The Labute approximate surface area is 358 Å². The molecule has 0 atom stereocenters. The number of benzene rings is 6. The fourth-order valence-corrected chi connectivity index (χ4v) is 9.20. The van der Waals surface area contributed by atoms with Gasteiger partial charge in [-0.05, 0) is 100 Å². The van der Waals surface area contributed by atoms with E-state index in [-0.39, 0.29) is 0 Å². The van der Waals surface area contributed by atoms with Crippen LogP contribution >= 0.6 is 0 Å². The number of ether oxygens (including phenoxy) is 1. The van der Waals surface area contributed by atoms with Gasteiger partial charge in [-0.25, -0.2) is 19.9 Å². The van der Waals surface area contributed by atoms with Gasteiger partial charge in [-0.3, -0.25) is 9.97 Å². The molecule has 12 rings (SSSR count). The van der Waals surface area contributed by atoms with Crippen LogP contribution in [0.3, 0.4) is 0 Å². The molecule has 2 aliphatic rings. The zero-order chi connectivity index (χ0) is 41.0. The van der Waals surface area contributed by atoms with E-state index in [2.05, 4.69) is 107 Å². The lowest BCUT2D eigenvalue weighted by molar-refractivity contribution is 0.436. The number of hydrogen-bond donors (Lipinski definition) is 0. The largest absolute Gasteiger partial charge is 0.457 e. The summed E-state index contributed by atoms with van der Waals surface area (Å²) in [6.07, 6.45) is 7.22. The van der Waals surface area contributed by atoms with Crippen LogP contribution in [0.25, 0.3) is 78.9 Å². The third-order valence-electron chi connectivity index (χ3n) is 12.0. The molecule has 10 aromatic rings. The summed E-state index contributed by atoms with van der Waals surface area (Å²) in [5.41, 5.74) is 14.6. The Morgan fingerprint density at radius 2 is 0.742 bits per heavy atom. The number of pyridine rings is 3. The second-order valence-electron chi connectivity index (χ2n) is 15.5. The van der Waals surface area contributed by atoms with E-state index in [1.54, 1.807) is 24.8 Å². The molecule has 0 fully saturated rings. The van der Waals surface area contributed by atoms with E-state index in [9.17, 15) is 0 Å². The van der Waals surface area contributed by atoms with Crippen molar-refractivity contribution < 1.29 is 4.74 Å². The first-order valence-corrected chi connectivity index (χ1v) is 20.6. The van der Waals surface area contributed by atoms with E-state index in [0.717, 1.165) is 73.0 Å². The Balaban J connectivity index is 1.10. The lowest BCUT2D eigenvalue weighted by Crippen LogP contribution is -2.32. The molecule has 4 aromatic heterocycles. The minimum absolute atomic E-state index is 0.582. The van der Waals surface area contributed by atoms with E-state index in [4.69, 9.17) is 24.7 Å². The number of hydrogen-bond acceptors (Lipinski definition) is 7. The second-order valence-corrected chi connectivity index (χ2v) is 15.5. The molecule has 0 amide bonds. The van der Waals surface area contributed by atoms with Crippen LogP contribution in [0.5, 0.6) is 11.5 Å². The predicted molar refractivity (Wildman–Crippen MR) is 243 cm³/mol. The summed E-state index contributed by atoms with van der Waals surface area (Å²) >= 11 is 0. The molecule has 0 saturated carbocycles. The first-order valence-electron chi connectivity index (χ1n) is 20.6. The van der Waals surface area contributed by atoms with Gasteiger partial charge in [-0.1, -0.05) is 115 Å². The van der Waals surface area contributed by atoms with E-state index in [1.165, 1.54) is 22.3 Å². The number of aromatic nitrogens is 6. The van der Waals surface area contributed by atoms with Crippen molar-refractivity contribution in [1.82, 2.24) is 29.9 Å². The van der Waals surface area contributed by atoms with Crippen molar-refractivity contribution in [1.29, 1.82) is 0 Å². The Morgan fingerprint density at radius 1 is 0.306 bits per heavy atom. The average Bonchev–Trinajstić information content (AvgIpc) is 3.65. The Kier molecular flexibility index (Phi) is 8.25. The highest BCUT2D eigenvalue weighted by atomic mass is 16.5. The van der Waals surface area contributed by atoms with Crippen LogP contribution < -0.4 is 4.74 Å². The molecular weight excluding hydrogens is 761 g/mol. The SMILES string of the molecule is c1ccc(-c2nc(-c3ccccc3)nc(-c3ccc4c(c3)C3(c5cc(-c6cc(-c7ccncc7)nc(-c7ccncc7)c6)ccc5O4)c4ccccc4-c4ccccc43)n2)cc1. The van der Waals surface area contributed by atoms with Crippen molar-refractivity contribution in [2.24, 2.45) is 0 Å². The summed E-state index contributed by atoms with van der Waals surface area (Å²) in [6.45, 7) is 0. The lowest BCUT2D eigenvalue weighted by Gasteiger charge is -2.40. The molecule has 62 heavy (non-hydrogen) atoms. The Morgan fingerprint density at radius 3 is 1.26 bits per heavy atom. The highest BCUT2D eigenvalue weighted by molar-refractivity contribution is 5.90. The van der Waals surface area contributed by atoms with E-state index in [0.29, 0.717) is 17.5 Å². The average molecular weight is 795 g/mol. The molecule has 0 saturated heterocycles. The zero-order valence-corrected chi connectivity index (χ0v) is 33.2. The van der Waals surface area contributed by atoms with E-state index in [1.807, 2.05) is 84.9 Å². The van der Waals surface area contributed by atoms with Gasteiger partial charge in [0.15, 0.2) is 17.5 Å². The summed E-state index contributed by atoms with van der Waals surface area (Å²) < 4.78 is 6.97. The smallest absolute Gasteiger partial charge is 0.164 e. The summed E-state index contributed by atoms with van der Waals surface area (Å²) in [7, 11) is 0. The lowest BCUT2D eigenvalue weighted by atomic mass is 9.65. The maximum absolute atomic E-state index is 6.97. The van der Waals surface area contributed by atoms with Crippen molar-refractivity contribution in [2.45, 2.75) is 5.41 Å². The maximum atomic E-state index is 6.97. The predicted octanol–water partition coefficient (Wildman–Crippen LogP) is 12.5. The topological polar surface area (TPSA) is 86.6 Å². The number of rotatable bonds is 6. The van der Waals surface area contributed by atoms with Crippen LogP contribution in [-0.2, 0) is 5.41 Å². The molecular formula is C55H34N6O. The van der Waals surface area contributed by atoms with E-state index < -0.39 is 5.41 Å². The van der Waals surface area contributed by atoms with Gasteiger partial charge in [0.05, 0.1) is 16.8 Å². The fraction of sp³-hybridized carbons (Fsp3) is 0.0182. The van der Waals surface area contributed by atoms with Crippen LogP contribution in [0.2, 0.25) is 0 Å². The van der Waals surface area contributed by atoms with E-state index >= 15 is 0 Å². The van der Waals surface area contributed by atoms with Gasteiger partial charge in [-0.15, -0.1) is 0 Å². The molecule has 6 aromatic carbocycles. The summed E-state index contributed by atoms with van der Waals surface area (Å²) in [5.74, 6) is 3.39. The molecule has 7 heteroatoms. The van der Waals surface area contributed by atoms with Gasteiger partial charge in [0.25, 0.3) is 0 Å². The Hall–Kier alpha value is -8.42. The highest BCUT2D eigenvalue weighted by Gasteiger charge is 2.51. The molecule has 7 nitrogen and oxygen atoms in total. The molecule has 0 radical (unpaired) electrons. The van der Waals surface area contributed by atoms with Crippen LogP contribution in [0.15, 0.2) is 207 Å². The van der Waals surface area contributed by atoms with Crippen molar-refractivity contribution >= 4 is 0 Å². The van der Waals surface area contributed by atoms with Crippen molar-refractivity contribution in [3.63, 3.8) is 0 Å². The summed E-state index contributed by atoms with van der Waals surface area (Å²) in [4.78, 5) is 29.0. The Bertz CT molecular complexity index is 2980. The monoisotopic (exact) mass is 794 g/mol. The number of fused-ring (bicyclic) bond motifs is 9. The van der Waals surface area contributed by atoms with Gasteiger partial charge >= 0.3 is 0 Å². The molecule has 0 bridgehead atoms. The zero-order valence-electron chi connectivity index (χ0n) is 33.2. The van der Waals surface area contributed by atoms with Gasteiger partial charge < -0.3 is 4.74 Å². The van der Waals surface area contributed by atoms with Crippen molar-refractivity contribution in [3.05, 3.63) is 229 Å². The van der Waals surface area contributed by atoms with Crippen LogP contribution in [0.1, 0.15) is 22.3 Å². The first-order chi connectivity index (χ1) is 30.7. The van der Waals surface area contributed by atoms with Gasteiger partial charge in [0.2, 0.25) is 0 Å². The maximum Gasteiger partial charge on any atom is 0.164 e. The number of nitrogens with zero attached hydrogens (tertiary/aromatic N) is 6. The summed E-state index contributed by atoms with van der Waals surface area (Å²) in [5, 5.41) is 0. The molecule has 0 unspecified atom stereocenters. The third-order valence-corrected chi connectivity index (χ3v) is 12.0. The molecule has 0 N–H and O–H groups in total. The van der Waals surface area contributed by atoms with Crippen molar-refractivity contribution in [2.75, 3.05) is 0 Å². The van der Waals surface area contributed by atoms with Crippen molar-refractivity contribution in [3.8, 4) is 90.4 Å². The third kappa shape index (κ3) is 5.74. The van der Waals surface area contributed by atoms with Gasteiger partial charge in [0.1, 0.15) is 11.5 Å². The highest BCUT2D eigenvalue weighted by Crippen LogP contribution is 2.62. The standard InChI is InChI=1S/C55H34N6O/c1-3-11-37(12-4-1)52-59-53(38-13-5-2-6-14-38)61-54(60-52)40-20-22-51-47(32-40)55(44-17-9-7-15-42(44)43-16-8-10-18-45(43)55)46-31-39(19-21-50(46)62-51)41-33-48(35-23-27-56-28-24-35)58-49(34-41)36-25-29-57-30-26-36/h1-34H. The molecule has 1 spiro atoms. The second kappa shape index (κ2) is 14.4. The fourth-order valence-electron chi connectivity index (χ4n) is 9.20. The normalized spacial score (nSPS) is 12.8. The molecule has 1 aliphatic carbocycles. The quantitative estimate of drug-likeness (QED) is 0.166. The minimum Gasteiger partial charge on any atom is -0.457 e. The van der Waals surface area contributed by atoms with Gasteiger partial charge in [0, 0.05) is 63.7 Å². The van der Waals surface area contributed by atoms with Crippen LogP contribution in [0.4, 0.5) is 0 Å². The van der Waals surface area contributed by atoms with Crippen LogP contribution in [0, 0.1) is 0 Å².